The predicted octanol–water partition coefficient (Wildman–Crippen LogP) is 1.77. The van der Waals surface area contributed by atoms with Crippen LogP contribution < -0.4 is 5.73 Å². The van der Waals surface area contributed by atoms with Crippen molar-refractivity contribution in [3.63, 3.8) is 0 Å². The number of hydrogen-bond donors (Lipinski definition) is 2. The van der Waals surface area contributed by atoms with Gasteiger partial charge >= 0.3 is 0 Å². The van der Waals surface area contributed by atoms with Crippen molar-refractivity contribution in [2.45, 2.75) is 45.3 Å². The van der Waals surface area contributed by atoms with E-state index in [0.717, 1.165) is 18.4 Å². The summed E-state index contributed by atoms with van der Waals surface area (Å²) in [5, 5.41) is 10.1. The zero-order valence-corrected chi connectivity index (χ0v) is 10.6. The first-order valence-corrected chi connectivity index (χ1v) is 6.17. The Balaban J connectivity index is 2.59. The molecule has 0 saturated carbocycles. The summed E-state index contributed by atoms with van der Waals surface area (Å²) in [4.78, 5) is 3.93. The highest BCUT2D eigenvalue weighted by Crippen LogP contribution is 2.13. The number of rotatable bonds is 7. The summed E-state index contributed by atoms with van der Waals surface area (Å²) in [5.41, 5.74) is 6.60. The lowest BCUT2D eigenvalue weighted by atomic mass is 10.0. The Labute approximate surface area is 103 Å². The lowest BCUT2D eigenvalue weighted by Gasteiger charge is -2.22. The summed E-state index contributed by atoms with van der Waals surface area (Å²) in [5.74, 6) is 0.484. The number of aliphatic hydroxyl groups excluding tert-OH is 1. The van der Waals surface area contributed by atoms with E-state index in [-0.39, 0.29) is 6.10 Å². The molecule has 0 aliphatic carbocycles. The van der Waals surface area contributed by atoms with E-state index in [1.165, 1.54) is 0 Å². The molecule has 96 valence electrons. The smallest absolute Gasteiger partial charge is 0.123 e. The second-order valence-electron chi connectivity index (χ2n) is 4.14. The van der Waals surface area contributed by atoms with Crippen LogP contribution in [0.1, 0.15) is 32.3 Å². The molecular formula is C13H22N2O2. The van der Waals surface area contributed by atoms with Crippen LogP contribution in [-0.4, -0.2) is 28.9 Å². The largest absolute Gasteiger partial charge is 0.390 e. The van der Waals surface area contributed by atoms with E-state index < -0.39 is 6.10 Å². The molecule has 1 aromatic heterocycles. The normalized spacial score (nSPS) is 14.5. The molecule has 1 heterocycles. The van der Waals surface area contributed by atoms with Crippen molar-refractivity contribution in [3.8, 4) is 0 Å². The van der Waals surface area contributed by atoms with Gasteiger partial charge in [-0.2, -0.15) is 0 Å². The van der Waals surface area contributed by atoms with E-state index in [1.807, 2.05) is 13.0 Å². The second kappa shape index (κ2) is 7.25. The van der Waals surface area contributed by atoms with Gasteiger partial charge in [-0.1, -0.05) is 13.3 Å². The molecule has 3 N–H and O–H groups in total. The van der Waals surface area contributed by atoms with Gasteiger partial charge in [0.1, 0.15) is 5.82 Å². The summed E-state index contributed by atoms with van der Waals surface area (Å²) in [6.07, 6.45) is 3.50. The fourth-order valence-corrected chi connectivity index (χ4v) is 1.88. The fraction of sp³-hybridized carbons (Fsp3) is 0.615. The van der Waals surface area contributed by atoms with E-state index in [4.69, 9.17) is 10.5 Å². The van der Waals surface area contributed by atoms with E-state index >= 15 is 0 Å². The van der Waals surface area contributed by atoms with Crippen molar-refractivity contribution in [3.05, 3.63) is 23.9 Å². The SMILES string of the molecule is CCCC(OCC)C(O)Cc1ccnc(N)c1. The average Bonchev–Trinajstić information content (AvgIpc) is 2.28. The number of ether oxygens (including phenoxy) is 1. The van der Waals surface area contributed by atoms with Crippen molar-refractivity contribution in [1.29, 1.82) is 0 Å². The lowest BCUT2D eigenvalue weighted by molar-refractivity contribution is -0.0363. The van der Waals surface area contributed by atoms with E-state index in [2.05, 4.69) is 11.9 Å². The Morgan fingerprint density at radius 3 is 2.82 bits per heavy atom. The van der Waals surface area contributed by atoms with Crippen LogP contribution in [0.5, 0.6) is 0 Å². The molecule has 0 fully saturated rings. The molecule has 1 rings (SSSR count). The zero-order chi connectivity index (χ0) is 12.7. The molecular weight excluding hydrogens is 216 g/mol. The van der Waals surface area contributed by atoms with Gasteiger partial charge in [-0.25, -0.2) is 4.98 Å². The molecule has 4 nitrogen and oxygen atoms in total. The van der Waals surface area contributed by atoms with Gasteiger partial charge in [0.15, 0.2) is 0 Å². The topological polar surface area (TPSA) is 68.4 Å². The van der Waals surface area contributed by atoms with Crippen LogP contribution in [0.3, 0.4) is 0 Å². The third-order valence-electron chi connectivity index (χ3n) is 2.67. The van der Waals surface area contributed by atoms with E-state index in [9.17, 15) is 5.11 Å². The summed E-state index contributed by atoms with van der Waals surface area (Å²) < 4.78 is 5.55. The summed E-state index contributed by atoms with van der Waals surface area (Å²) in [6.45, 7) is 4.66. The Morgan fingerprint density at radius 1 is 1.47 bits per heavy atom. The standard InChI is InChI=1S/C13H22N2O2/c1-3-5-12(17-4-2)11(16)8-10-6-7-15-13(14)9-10/h6-7,9,11-12,16H,3-5,8H2,1-2H3,(H2,14,15). The van der Waals surface area contributed by atoms with Crippen LogP contribution in [0.2, 0.25) is 0 Å². The number of aliphatic hydroxyl groups is 1. The minimum absolute atomic E-state index is 0.0978. The predicted molar refractivity (Wildman–Crippen MR) is 68.7 cm³/mol. The number of nitrogens with two attached hydrogens (primary N) is 1. The van der Waals surface area contributed by atoms with Crippen LogP contribution >= 0.6 is 0 Å². The molecule has 0 spiro atoms. The minimum atomic E-state index is -0.489. The molecule has 4 heteroatoms. The highest BCUT2D eigenvalue weighted by atomic mass is 16.5. The summed E-state index contributed by atoms with van der Waals surface area (Å²) >= 11 is 0. The maximum absolute atomic E-state index is 10.1. The number of anilines is 1. The van der Waals surface area contributed by atoms with Crippen molar-refractivity contribution < 1.29 is 9.84 Å². The Morgan fingerprint density at radius 2 is 2.24 bits per heavy atom. The molecule has 0 bridgehead atoms. The summed E-state index contributed by atoms with van der Waals surface area (Å²) in [7, 11) is 0. The van der Waals surface area contributed by atoms with Gasteiger partial charge in [-0.3, -0.25) is 0 Å². The van der Waals surface area contributed by atoms with Gasteiger partial charge < -0.3 is 15.6 Å². The molecule has 17 heavy (non-hydrogen) atoms. The van der Waals surface area contributed by atoms with Crippen LogP contribution in [-0.2, 0) is 11.2 Å². The monoisotopic (exact) mass is 238 g/mol. The van der Waals surface area contributed by atoms with Crippen LogP contribution in [0.4, 0.5) is 5.82 Å². The highest BCUT2D eigenvalue weighted by Gasteiger charge is 2.18. The number of pyridine rings is 1. The first kappa shape index (κ1) is 13.9. The third-order valence-corrected chi connectivity index (χ3v) is 2.67. The summed E-state index contributed by atoms with van der Waals surface area (Å²) in [6, 6.07) is 3.66. The molecule has 0 aliphatic rings. The van der Waals surface area contributed by atoms with E-state index in [1.54, 1.807) is 12.3 Å². The first-order chi connectivity index (χ1) is 8.17. The molecule has 0 amide bonds. The quantitative estimate of drug-likeness (QED) is 0.759. The van der Waals surface area contributed by atoms with Crippen molar-refractivity contribution in [2.24, 2.45) is 0 Å². The van der Waals surface area contributed by atoms with Crippen molar-refractivity contribution >= 4 is 5.82 Å². The van der Waals surface area contributed by atoms with Crippen LogP contribution in [0, 0.1) is 0 Å². The van der Waals surface area contributed by atoms with Gasteiger partial charge in [0.25, 0.3) is 0 Å². The second-order valence-corrected chi connectivity index (χ2v) is 4.14. The molecule has 2 atom stereocenters. The minimum Gasteiger partial charge on any atom is -0.390 e. The molecule has 0 aliphatic heterocycles. The lowest BCUT2D eigenvalue weighted by Crippen LogP contribution is -2.31. The van der Waals surface area contributed by atoms with Gasteiger partial charge in [-0.05, 0) is 31.0 Å². The van der Waals surface area contributed by atoms with Gasteiger partial charge in [-0.15, -0.1) is 0 Å². The maximum Gasteiger partial charge on any atom is 0.123 e. The highest BCUT2D eigenvalue weighted by molar-refractivity contribution is 5.32. The Hall–Kier alpha value is -1.13. The molecule has 0 aromatic carbocycles. The van der Waals surface area contributed by atoms with Gasteiger partial charge in [0, 0.05) is 19.2 Å². The number of hydrogen-bond acceptors (Lipinski definition) is 4. The first-order valence-electron chi connectivity index (χ1n) is 6.17. The zero-order valence-electron chi connectivity index (χ0n) is 10.6. The van der Waals surface area contributed by atoms with Crippen LogP contribution in [0.15, 0.2) is 18.3 Å². The maximum atomic E-state index is 10.1. The Bertz CT molecular complexity index is 325. The molecule has 0 radical (unpaired) electrons. The fourth-order valence-electron chi connectivity index (χ4n) is 1.88. The molecule has 1 aromatic rings. The number of nitrogen functional groups attached to an aromatic ring is 1. The third kappa shape index (κ3) is 4.71. The van der Waals surface area contributed by atoms with Crippen molar-refractivity contribution in [2.75, 3.05) is 12.3 Å². The van der Waals surface area contributed by atoms with Crippen LogP contribution in [0.25, 0.3) is 0 Å². The number of nitrogens with zero attached hydrogens (tertiary/aromatic N) is 1. The number of aromatic nitrogens is 1. The molecule has 0 saturated heterocycles. The van der Waals surface area contributed by atoms with E-state index in [0.29, 0.717) is 18.8 Å². The molecule has 2 unspecified atom stereocenters. The van der Waals surface area contributed by atoms with Crippen molar-refractivity contribution in [1.82, 2.24) is 4.98 Å². The van der Waals surface area contributed by atoms with Gasteiger partial charge in [0.05, 0.1) is 12.2 Å². The average molecular weight is 238 g/mol. The van der Waals surface area contributed by atoms with Gasteiger partial charge in [0.2, 0.25) is 0 Å². The Kier molecular flexibility index (Phi) is 5.94.